The van der Waals surface area contributed by atoms with E-state index in [2.05, 4.69) is 18.6 Å². The molecule has 8 heteroatoms. The van der Waals surface area contributed by atoms with Crippen LogP contribution in [0.4, 0.5) is 0 Å². The van der Waals surface area contributed by atoms with Crippen LogP contribution in [0, 0.1) is 23.2 Å². The Morgan fingerprint density at radius 3 is 2.66 bits per heavy atom. The Labute approximate surface area is 197 Å². The summed E-state index contributed by atoms with van der Waals surface area (Å²) >= 11 is 5.90. The second-order valence-corrected chi connectivity index (χ2v) is 12.5. The molecular weight excluding hydrogens is 450 g/mol. The molecule has 2 bridgehead atoms. The summed E-state index contributed by atoms with van der Waals surface area (Å²) in [5.74, 6) is 0.871. The van der Waals surface area contributed by atoms with Gasteiger partial charge < -0.3 is 14.6 Å². The van der Waals surface area contributed by atoms with Gasteiger partial charge in [0.1, 0.15) is 0 Å². The molecule has 2 N–H and O–H groups in total. The molecule has 1 heterocycles. The predicted molar refractivity (Wildman–Crippen MR) is 125 cm³/mol. The highest BCUT2D eigenvalue weighted by atomic mass is 35.5. The molecule has 5 rings (SSSR count). The summed E-state index contributed by atoms with van der Waals surface area (Å²) < 4.78 is 40.5. The molecule has 180 valence electrons. The summed E-state index contributed by atoms with van der Waals surface area (Å²) in [5, 5.41) is 11.0. The van der Waals surface area contributed by atoms with Crippen molar-refractivity contribution in [3.8, 4) is 0 Å². The summed E-state index contributed by atoms with van der Waals surface area (Å²) in [4.78, 5) is 0. The molecule has 1 aromatic rings. The Balaban J connectivity index is 1.37. The summed E-state index contributed by atoms with van der Waals surface area (Å²) in [6.07, 6.45) is 4.74. The third-order valence-electron chi connectivity index (χ3n) is 7.97. The van der Waals surface area contributed by atoms with Crippen LogP contribution in [0.1, 0.15) is 64.0 Å². The van der Waals surface area contributed by atoms with Crippen LogP contribution < -0.4 is 4.72 Å². The van der Waals surface area contributed by atoms with E-state index in [0.29, 0.717) is 29.0 Å². The van der Waals surface area contributed by atoms with Crippen molar-refractivity contribution < 1.29 is 23.0 Å². The topological polar surface area (TPSA) is 84.9 Å². The molecule has 1 aliphatic heterocycles. The molecule has 0 spiro atoms. The van der Waals surface area contributed by atoms with Crippen molar-refractivity contribution in [2.45, 2.75) is 70.8 Å². The van der Waals surface area contributed by atoms with Crippen molar-refractivity contribution in [3.63, 3.8) is 0 Å². The molecule has 1 aromatic carbocycles. The van der Waals surface area contributed by atoms with Gasteiger partial charge >= 0.3 is 0 Å². The van der Waals surface area contributed by atoms with Crippen LogP contribution in [0.25, 0.3) is 0 Å². The van der Waals surface area contributed by atoms with Crippen LogP contribution in [-0.4, -0.2) is 44.8 Å². The second kappa shape index (κ2) is 9.88. The van der Waals surface area contributed by atoms with E-state index in [1.54, 1.807) is 24.3 Å². The van der Waals surface area contributed by atoms with E-state index in [1.807, 2.05) is 0 Å². The molecule has 4 aliphatic rings. The number of ether oxygens (including phenoxy) is 2. The van der Waals surface area contributed by atoms with Crippen molar-refractivity contribution in [2.24, 2.45) is 23.2 Å². The number of aliphatic hydroxyl groups excluding tert-OH is 1. The number of hydrogen-bond acceptors (Lipinski definition) is 5. The highest BCUT2D eigenvalue weighted by molar-refractivity contribution is 7.89. The van der Waals surface area contributed by atoms with Crippen molar-refractivity contribution in [1.82, 2.24) is 4.72 Å². The zero-order valence-electron chi connectivity index (χ0n) is 19.0. The van der Waals surface area contributed by atoms with Crippen molar-refractivity contribution in [2.75, 3.05) is 19.0 Å². The minimum absolute atomic E-state index is 0.120. The molecule has 6 atom stereocenters. The highest BCUT2D eigenvalue weighted by Crippen LogP contribution is 2.62. The van der Waals surface area contributed by atoms with Gasteiger partial charge in [-0.25, -0.2) is 13.1 Å². The number of nitrogens with one attached hydrogen (secondary N) is 1. The third kappa shape index (κ3) is 5.50. The molecule has 3 saturated carbocycles. The van der Waals surface area contributed by atoms with E-state index in [4.69, 9.17) is 21.1 Å². The van der Waals surface area contributed by atoms with E-state index in [-0.39, 0.29) is 29.4 Å². The Morgan fingerprint density at radius 1 is 1.25 bits per heavy atom. The first kappa shape index (κ1) is 24.4. The predicted octanol–water partition coefficient (Wildman–Crippen LogP) is 4.28. The van der Waals surface area contributed by atoms with Crippen LogP contribution in [-0.2, 0) is 19.5 Å². The number of halogens is 1. The van der Waals surface area contributed by atoms with Gasteiger partial charge in [-0.1, -0.05) is 37.6 Å². The van der Waals surface area contributed by atoms with Gasteiger partial charge in [0.25, 0.3) is 0 Å². The minimum Gasteiger partial charge on any atom is -0.387 e. The molecule has 4 fully saturated rings. The van der Waals surface area contributed by atoms with E-state index >= 15 is 0 Å². The van der Waals surface area contributed by atoms with Gasteiger partial charge in [-0.3, -0.25) is 0 Å². The Morgan fingerprint density at radius 2 is 2.00 bits per heavy atom. The van der Waals surface area contributed by atoms with Crippen molar-refractivity contribution in [1.29, 1.82) is 0 Å². The van der Waals surface area contributed by atoms with Gasteiger partial charge in [0.2, 0.25) is 10.0 Å². The van der Waals surface area contributed by atoms with Gasteiger partial charge in [-0.15, -0.1) is 0 Å². The first-order chi connectivity index (χ1) is 15.2. The fraction of sp³-hybridized carbons (Fsp3) is 0.750. The standard InChI is InChI=1S/C24H36ClNO5S/c1-24(2)17-13-20(24)19(10-12-31-23-5-3-4-11-30-23)21(14-17)26-32(28,29)15-22(27)16-6-8-18(25)9-7-16/h6-9,17,19-23,26-27H,3-5,10-15H2,1-2H3/t17-,19+,20+,21+,22?,23?/m1/s1. The molecule has 0 radical (unpaired) electrons. The number of aliphatic hydroxyl groups is 1. The van der Waals surface area contributed by atoms with Gasteiger partial charge in [0, 0.05) is 17.7 Å². The maximum absolute atomic E-state index is 13.0. The van der Waals surface area contributed by atoms with E-state index in [1.165, 1.54) is 0 Å². The smallest absolute Gasteiger partial charge is 0.214 e. The zero-order chi connectivity index (χ0) is 22.9. The lowest BCUT2D eigenvalue weighted by molar-refractivity contribution is -0.173. The molecule has 1 saturated heterocycles. The lowest BCUT2D eigenvalue weighted by Gasteiger charge is -2.62. The summed E-state index contributed by atoms with van der Waals surface area (Å²) in [7, 11) is -3.66. The number of hydrogen-bond donors (Lipinski definition) is 2. The van der Waals surface area contributed by atoms with Gasteiger partial charge in [-0.2, -0.15) is 0 Å². The maximum Gasteiger partial charge on any atom is 0.214 e. The number of rotatable bonds is 9. The summed E-state index contributed by atoms with van der Waals surface area (Å²) in [6, 6.07) is 6.51. The Bertz CT molecular complexity index is 869. The lowest BCUT2D eigenvalue weighted by Crippen LogP contribution is -2.61. The van der Waals surface area contributed by atoms with Crippen LogP contribution in [0.3, 0.4) is 0 Å². The van der Waals surface area contributed by atoms with Crippen molar-refractivity contribution >= 4 is 21.6 Å². The highest BCUT2D eigenvalue weighted by Gasteiger charge is 2.57. The van der Waals surface area contributed by atoms with Crippen molar-refractivity contribution in [3.05, 3.63) is 34.9 Å². The summed E-state index contributed by atoms with van der Waals surface area (Å²) in [5.41, 5.74) is 0.779. The molecule has 3 aliphatic carbocycles. The average molecular weight is 486 g/mol. The largest absolute Gasteiger partial charge is 0.387 e. The zero-order valence-corrected chi connectivity index (χ0v) is 20.6. The van der Waals surface area contributed by atoms with Gasteiger partial charge in [0.15, 0.2) is 6.29 Å². The fourth-order valence-corrected chi connectivity index (χ4v) is 7.49. The summed E-state index contributed by atoms with van der Waals surface area (Å²) in [6.45, 7) is 5.94. The first-order valence-electron chi connectivity index (χ1n) is 11.8. The normalized spacial score (nSPS) is 32.8. The minimum atomic E-state index is -3.66. The fourth-order valence-electron chi connectivity index (χ4n) is 5.93. The van der Waals surface area contributed by atoms with E-state index in [0.717, 1.165) is 45.1 Å². The SMILES string of the molecule is CC1(C)[C@H]2C[C@H](NS(=O)(=O)CC(O)c3ccc(Cl)cc3)[C@@H](CCOC3CCCCO3)[C@@H]1C2. The van der Waals surface area contributed by atoms with Gasteiger partial charge in [-0.05, 0) is 79.4 Å². The number of fused-ring (bicyclic) bond motifs is 2. The molecule has 6 nitrogen and oxygen atoms in total. The van der Waals surface area contributed by atoms with Gasteiger partial charge in [0.05, 0.1) is 18.5 Å². The molecule has 0 amide bonds. The molecular formula is C24H36ClNO5S. The maximum atomic E-state index is 13.0. The quantitative estimate of drug-likeness (QED) is 0.545. The van der Waals surface area contributed by atoms with E-state index < -0.39 is 16.1 Å². The monoisotopic (exact) mass is 485 g/mol. The first-order valence-corrected chi connectivity index (χ1v) is 13.9. The van der Waals surface area contributed by atoms with Crippen LogP contribution in [0.15, 0.2) is 24.3 Å². The Hall–Kier alpha value is -0.700. The van der Waals surface area contributed by atoms with E-state index in [9.17, 15) is 13.5 Å². The third-order valence-corrected chi connectivity index (χ3v) is 9.64. The molecule has 2 unspecified atom stereocenters. The van der Waals surface area contributed by atoms with Crippen LogP contribution in [0.2, 0.25) is 5.02 Å². The number of benzene rings is 1. The Kier molecular flexibility index (Phi) is 7.54. The van der Waals surface area contributed by atoms with Crippen LogP contribution in [0.5, 0.6) is 0 Å². The van der Waals surface area contributed by atoms with Crippen LogP contribution >= 0.6 is 11.6 Å². The molecule has 32 heavy (non-hydrogen) atoms. The second-order valence-electron chi connectivity index (χ2n) is 10.3. The lowest BCUT2D eigenvalue weighted by atomic mass is 9.44. The average Bonchev–Trinajstić information content (AvgIpc) is 2.75. The number of sulfonamides is 1. The molecule has 0 aromatic heterocycles.